The molecule has 0 spiro atoms. The van der Waals surface area contributed by atoms with Crippen LogP contribution in [0.2, 0.25) is 0 Å². The van der Waals surface area contributed by atoms with Crippen LogP contribution >= 0.6 is 0 Å². The van der Waals surface area contributed by atoms with Gasteiger partial charge in [-0.2, -0.15) is 4.98 Å². The van der Waals surface area contributed by atoms with Gasteiger partial charge in [0.15, 0.2) is 0 Å². The molecule has 4 nitrogen and oxygen atoms in total. The molecule has 4 heteroatoms. The van der Waals surface area contributed by atoms with Crippen molar-refractivity contribution in [2.24, 2.45) is 11.3 Å². The molecule has 0 amide bonds. The summed E-state index contributed by atoms with van der Waals surface area (Å²) in [6.07, 6.45) is 9.01. The van der Waals surface area contributed by atoms with Crippen LogP contribution in [-0.4, -0.2) is 9.97 Å². The van der Waals surface area contributed by atoms with E-state index in [9.17, 15) is 0 Å². The van der Waals surface area contributed by atoms with Crippen molar-refractivity contribution in [3.63, 3.8) is 0 Å². The number of allylic oxidation sites excluding steroid dienone is 3. The number of aromatic nitrogens is 2. The lowest BCUT2D eigenvalue weighted by atomic mass is 9.68. The van der Waals surface area contributed by atoms with Gasteiger partial charge in [0.2, 0.25) is 5.95 Å². The van der Waals surface area contributed by atoms with Crippen LogP contribution in [0.1, 0.15) is 39.3 Å². The highest BCUT2D eigenvalue weighted by Crippen LogP contribution is 2.41. The van der Waals surface area contributed by atoms with Gasteiger partial charge in [0.1, 0.15) is 5.82 Å². The molecular formula is C21H26N4. The summed E-state index contributed by atoms with van der Waals surface area (Å²) in [4.78, 5) is 8.63. The number of para-hydroxylation sites is 1. The number of benzene rings is 1. The highest BCUT2D eigenvalue weighted by molar-refractivity contribution is 5.60. The Balaban J connectivity index is 1.83. The van der Waals surface area contributed by atoms with Crippen LogP contribution in [0, 0.1) is 11.3 Å². The number of nitrogens with zero attached hydrogens (tertiary/aromatic N) is 2. The Morgan fingerprint density at radius 1 is 1.20 bits per heavy atom. The van der Waals surface area contributed by atoms with Crippen LogP contribution in [0.25, 0.3) is 6.08 Å². The van der Waals surface area contributed by atoms with Gasteiger partial charge in [0.25, 0.3) is 0 Å². The first-order valence-corrected chi connectivity index (χ1v) is 8.75. The first-order valence-electron chi connectivity index (χ1n) is 8.75. The van der Waals surface area contributed by atoms with Gasteiger partial charge < -0.3 is 11.1 Å². The van der Waals surface area contributed by atoms with Crippen LogP contribution in [0.4, 0.5) is 17.5 Å². The molecule has 1 unspecified atom stereocenters. The van der Waals surface area contributed by atoms with E-state index >= 15 is 0 Å². The SMILES string of the molecule is CC1=CCCC(C)(C)C1/C=C/c1cc(Nc2ccccc2)nc(N)n1. The van der Waals surface area contributed by atoms with Crippen LogP contribution in [0.15, 0.2) is 54.1 Å². The molecule has 0 saturated heterocycles. The highest BCUT2D eigenvalue weighted by Gasteiger charge is 2.30. The number of nitrogens with one attached hydrogen (secondary N) is 1. The summed E-state index contributed by atoms with van der Waals surface area (Å²) in [6, 6.07) is 11.9. The molecule has 1 heterocycles. The molecule has 0 radical (unpaired) electrons. The van der Waals surface area contributed by atoms with E-state index in [1.165, 1.54) is 12.0 Å². The summed E-state index contributed by atoms with van der Waals surface area (Å²) in [5.41, 5.74) is 9.38. The summed E-state index contributed by atoms with van der Waals surface area (Å²) in [5, 5.41) is 3.27. The lowest BCUT2D eigenvalue weighted by Gasteiger charge is -2.36. The normalized spacial score (nSPS) is 19.6. The first-order chi connectivity index (χ1) is 11.9. The Morgan fingerprint density at radius 3 is 2.68 bits per heavy atom. The number of rotatable bonds is 4. The average Bonchev–Trinajstić information content (AvgIpc) is 2.54. The van der Waals surface area contributed by atoms with E-state index in [0.717, 1.165) is 17.8 Å². The average molecular weight is 334 g/mol. The number of hydrogen-bond acceptors (Lipinski definition) is 4. The van der Waals surface area contributed by atoms with Crippen LogP contribution in [-0.2, 0) is 0 Å². The molecule has 1 aliphatic carbocycles. The van der Waals surface area contributed by atoms with Crippen molar-refractivity contribution in [2.75, 3.05) is 11.1 Å². The maximum Gasteiger partial charge on any atom is 0.222 e. The van der Waals surface area contributed by atoms with Crippen molar-refractivity contribution in [2.45, 2.75) is 33.6 Å². The van der Waals surface area contributed by atoms with Gasteiger partial charge in [-0.3, -0.25) is 0 Å². The monoisotopic (exact) mass is 334 g/mol. The smallest absolute Gasteiger partial charge is 0.222 e. The Bertz CT molecular complexity index is 791. The van der Waals surface area contributed by atoms with Crippen LogP contribution < -0.4 is 11.1 Å². The molecule has 3 N–H and O–H groups in total. The fourth-order valence-electron chi connectivity index (χ4n) is 3.48. The summed E-state index contributed by atoms with van der Waals surface area (Å²) in [6.45, 7) is 6.87. The fraction of sp³-hybridized carbons (Fsp3) is 0.333. The summed E-state index contributed by atoms with van der Waals surface area (Å²) in [7, 11) is 0. The molecule has 1 atom stereocenters. The molecule has 3 rings (SSSR count). The molecule has 1 aromatic carbocycles. The van der Waals surface area contributed by atoms with E-state index in [1.807, 2.05) is 36.4 Å². The van der Waals surface area contributed by atoms with Gasteiger partial charge in [0.05, 0.1) is 5.69 Å². The molecule has 1 aliphatic rings. The van der Waals surface area contributed by atoms with Gasteiger partial charge in [-0.25, -0.2) is 4.98 Å². The minimum atomic E-state index is 0.263. The summed E-state index contributed by atoms with van der Waals surface area (Å²) >= 11 is 0. The number of nitrogen functional groups attached to an aromatic ring is 1. The van der Waals surface area contributed by atoms with E-state index < -0.39 is 0 Å². The lowest BCUT2D eigenvalue weighted by Crippen LogP contribution is -2.26. The number of hydrogen-bond donors (Lipinski definition) is 2. The Morgan fingerprint density at radius 2 is 1.96 bits per heavy atom. The molecule has 0 aliphatic heterocycles. The molecule has 0 fully saturated rings. The third-order valence-electron chi connectivity index (χ3n) is 4.86. The lowest BCUT2D eigenvalue weighted by molar-refractivity contribution is 0.256. The van der Waals surface area contributed by atoms with Crippen LogP contribution in [0.5, 0.6) is 0 Å². The zero-order chi connectivity index (χ0) is 17.9. The Kier molecular flexibility index (Phi) is 4.88. The third-order valence-corrected chi connectivity index (χ3v) is 4.86. The number of anilines is 3. The van der Waals surface area contributed by atoms with Crippen molar-refractivity contribution in [3.8, 4) is 0 Å². The minimum Gasteiger partial charge on any atom is -0.368 e. The maximum atomic E-state index is 5.89. The van der Waals surface area contributed by atoms with E-state index in [-0.39, 0.29) is 11.4 Å². The van der Waals surface area contributed by atoms with Gasteiger partial charge in [-0.15, -0.1) is 0 Å². The quantitative estimate of drug-likeness (QED) is 0.754. The van der Waals surface area contributed by atoms with Crippen molar-refractivity contribution in [3.05, 3.63) is 59.8 Å². The summed E-state index contributed by atoms with van der Waals surface area (Å²) < 4.78 is 0. The van der Waals surface area contributed by atoms with Crippen molar-refractivity contribution >= 4 is 23.5 Å². The largest absolute Gasteiger partial charge is 0.368 e. The Labute approximate surface area is 149 Å². The van der Waals surface area contributed by atoms with Crippen molar-refractivity contribution in [1.82, 2.24) is 9.97 Å². The van der Waals surface area contributed by atoms with Gasteiger partial charge in [-0.1, -0.05) is 49.8 Å². The topological polar surface area (TPSA) is 63.8 Å². The molecule has 1 aromatic heterocycles. The number of nitrogens with two attached hydrogens (primary N) is 1. The van der Waals surface area contributed by atoms with E-state index in [2.05, 4.69) is 54.3 Å². The zero-order valence-corrected chi connectivity index (χ0v) is 15.2. The van der Waals surface area contributed by atoms with Gasteiger partial charge in [0, 0.05) is 17.7 Å². The fourth-order valence-corrected chi connectivity index (χ4v) is 3.48. The second-order valence-corrected chi connectivity index (χ2v) is 7.34. The van der Waals surface area contributed by atoms with Gasteiger partial charge in [-0.05, 0) is 43.4 Å². The molecule has 2 aromatic rings. The first kappa shape index (κ1) is 17.2. The Hall–Kier alpha value is -2.62. The predicted octanol–water partition coefficient (Wildman–Crippen LogP) is 5.20. The van der Waals surface area contributed by atoms with E-state index in [0.29, 0.717) is 11.7 Å². The summed E-state index contributed by atoms with van der Waals surface area (Å²) in [5.74, 6) is 1.40. The van der Waals surface area contributed by atoms with Gasteiger partial charge >= 0.3 is 0 Å². The zero-order valence-electron chi connectivity index (χ0n) is 15.2. The maximum absolute atomic E-state index is 5.89. The third kappa shape index (κ3) is 4.27. The minimum absolute atomic E-state index is 0.263. The standard InChI is InChI=1S/C21H26N4/c1-15-8-7-13-21(2,3)18(15)12-11-17-14-19(25-20(22)24-17)23-16-9-5-4-6-10-16/h4-6,8-12,14,18H,7,13H2,1-3H3,(H3,22,23,24,25)/b12-11+. The molecule has 130 valence electrons. The predicted molar refractivity (Wildman–Crippen MR) is 105 cm³/mol. The highest BCUT2D eigenvalue weighted by atomic mass is 15.1. The van der Waals surface area contributed by atoms with Crippen molar-refractivity contribution in [1.29, 1.82) is 0 Å². The molecule has 0 bridgehead atoms. The van der Waals surface area contributed by atoms with E-state index in [1.54, 1.807) is 0 Å². The van der Waals surface area contributed by atoms with Crippen molar-refractivity contribution < 1.29 is 0 Å². The van der Waals surface area contributed by atoms with Crippen LogP contribution in [0.3, 0.4) is 0 Å². The second kappa shape index (κ2) is 7.09. The second-order valence-electron chi connectivity index (χ2n) is 7.34. The molecular weight excluding hydrogens is 308 g/mol. The van der Waals surface area contributed by atoms with E-state index in [4.69, 9.17) is 5.73 Å². The molecule has 0 saturated carbocycles. The molecule has 25 heavy (non-hydrogen) atoms.